The van der Waals surface area contributed by atoms with Gasteiger partial charge in [-0.05, 0) is 55.5 Å². The van der Waals surface area contributed by atoms with E-state index in [1.54, 1.807) is 0 Å². The number of amides is 1. The highest BCUT2D eigenvalue weighted by atomic mass is 32.2. The Morgan fingerprint density at radius 2 is 1.77 bits per heavy atom. The summed E-state index contributed by atoms with van der Waals surface area (Å²) in [5.74, 6) is 0.0807. The maximum Gasteiger partial charge on any atom is 0.573 e. The minimum absolute atomic E-state index is 0.0367. The van der Waals surface area contributed by atoms with Gasteiger partial charge in [0.1, 0.15) is 11.6 Å². The Hall–Kier alpha value is -3.73. The van der Waals surface area contributed by atoms with E-state index in [2.05, 4.69) is 20.3 Å². The Labute approximate surface area is 203 Å². The number of hydrogen-bond donors (Lipinski definition) is 1. The summed E-state index contributed by atoms with van der Waals surface area (Å²) < 4.78 is 44.7. The molecule has 0 radical (unpaired) electrons. The molecule has 0 aliphatic rings. The van der Waals surface area contributed by atoms with Crippen LogP contribution >= 0.6 is 11.8 Å². The van der Waals surface area contributed by atoms with E-state index in [1.807, 2.05) is 65.7 Å². The van der Waals surface area contributed by atoms with Crippen molar-refractivity contribution in [2.75, 3.05) is 11.1 Å². The fraction of sp³-hybridized carbons (Fsp3) is 0.208. The molecule has 11 heteroatoms. The quantitative estimate of drug-likeness (QED) is 0.339. The molecule has 4 rings (SSSR count). The summed E-state index contributed by atoms with van der Waals surface area (Å²) in [6, 6.07) is 16.9. The lowest BCUT2D eigenvalue weighted by atomic mass is 10.2. The first-order valence-electron chi connectivity index (χ1n) is 10.6. The summed E-state index contributed by atoms with van der Waals surface area (Å²) >= 11 is 1.22. The van der Waals surface area contributed by atoms with Gasteiger partial charge in [0.25, 0.3) is 0 Å². The predicted molar refractivity (Wildman–Crippen MR) is 127 cm³/mol. The average molecular weight is 502 g/mol. The number of nitrogens with zero attached hydrogens (tertiary/aromatic N) is 4. The molecule has 0 unspecified atom stereocenters. The van der Waals surface area contributed by atoms with Crippen LogP contribution in [0.3, 0.4) is 0 Å². The zero-order chi connectivity index (χ0) is 25.0. The van der Waals surface area contributed by atoms with Gasteiger partial charge in [-0.2, -0.15) is 0 Å². The molecule has 35 heavy (non-hydrogen) atoms. The van der Waals surface area contributed by atoms with Crippen LogP contribution < -0.4 is 10.1 Å². The third kappa shape index (κ3) is 6.44. The van der Waals surface area contributed by atoms with E-state index >= 15 is 0 Å². The van der Waals surface area contributed by atoms with Crippen molar-refractivity contribution >= 4 is 23.4 Å². The second-order valence-electron chi connectivity index (χ2n) is 7.77. The fourth-order valence-electron chi connectivity index (χ4n) is 3.37. The molecule has 182 valence electrons. The summed E-state index contributed by atoms with van der Waals surface area (Å²) in [6.07, 6.45) is -2.25. The Balaban J connectivity index is 1.47. The van der Waals surface area contributed by atoms with Gasteiger partial charge >= 0.3 is 6.36 Å². The van der Waals surface area contributed by atoms with Crippen molar-refractivity contribution in [2.24, 2.45) is 7.05 Å². The molecule has 0 fully saturated rings. The van der Waals surface area contributed by atoms with Crippen molar-refractivity contribution in [3.63, 3.8) is 0 Å². The van der Waals surface area contributed by atoms with Crippen LogP contribution in [0.15, 0.2) is 72.0 Å². The predicted octanol–water partition coefficient (Wildman–Crippen LogP) is 5.13. The summed E-state index contributed by atoms with van der Waals surface area (Å²) in [4.78, 5) is 12.5. The number of aromatic nitrogens is 4. The molecule has 2 heterocycles. The number of hydrogen-bond acceptors (Lipinski definition) is 5. The Morgan fingerprint density at radius 1 is 1.06 bits per heavy atom. The largest absolute Gasteiger partial charge is 0.573 e. The summed E-state index contributed by atoms with van der Waals surface area (Å²) in [6.45, 7) is 2.00. The van der Waals surface area contributed by atoms with Gasteiger partial charge in [0.05, 0.1) is 5.75 Å². The maximum absolute atomic E-state index is 12.5. The molecule has 0 bridgehead atoms. The lowest BCUT2D eigenvalue weighted by Gasteiger charge is -2.12. The molecule has 4 aromatic rings. The lowest BCUT2D eigenvalue weighted by Crippen LogP contribution is -2.17. The Kier molecular flexibility index (Phi) is 7.15. The molecule has 1 N–H and O–H groups in total. The van der Waals surface area contributed by atoms with Crippen molar-refractivity contribution in [3.05, 3.63) is 83.9 Å². The molecule has 1 amide bonds. The van der Waals surface area contributed by atoms with Crippen LogP contribution in [0.5, 0.6) is 5.75 Å². The molecular weight excluding hydrogens is 479 g/mol. The first kappa shape index (κ1) is 24.4. The number of carbonyl (C=O) groups excluding carboxylic acids is 1. The first-order chi connectivity index (χ1) is 16.7. The van der Waals surface area contributed by atoms with Crippen LogP contribution in [-0.4, -0.2) is 37.4 Å². The number of aryl methyl sites for hydroxylation is 2. The van der Waals surface area contributed by atoms with Crippen LogP contribution in [0, 0.1) is 6.92 Å². The van der Waals surface area contributed by atoms with Gasteiger partial charge in [-0.25, -0.2) is 0 Å². The number of thioether (sulfide) groups is 1. The summed E-state index contributed by atoms with van der Waals surface area (Å²) in [5.41, 5.74) is 3.42. The minimum atomic E-state index is -4.77. The number of ether oxygens (including phenoxy) is 1. The Bertz CT molecular complexity index is 1300. The van der Waals surface area contributed by atoms with Crippen LogP contribution in [0.2, 0.25) is 0 Å². The number of benzene rings is 2. The topological polar surface area (TPSA) is 74.0 Å². The monoisotopic (exact) mass is 501 g/mol. The van der Waals surface area contributed by atoms with Crippen molar-refractivity contribution < 1.29 is 22.7 Å². The lowest BCUT2D eigenvalue weighted by molar-refractivity contribution is -0.274. The zero-order valence-corrected chi connectivity index (χ0v) is 19.7. The molecule has 2 aromatic carbocycles. The van der Waals surface area contributed by atoms with E-state index in [0.29, 0.717) is 17.3 Å². The van der Waals surface area contributed by atoms with E-state index < -0.39 is 6.36 Å². The van der Waals surface area contributed by atoms with Crippen molar-refractivity contribution in [3.8, 4) is 11.4 Å². The van der Waals surface area contributed by atoms with E-state index in [1.165, 1.54) is 23.9 Å². The molecule has 0 aliphatic carbocycles. The number of carbonyl (C=O) groups is 1. The maximum atomic E-state index is 12.5. The highest BCUT2D eigenvalue weighted by molar-refractivity contribution is 7.99. The Morgan fingerprint density at radius 3 is 2.40 bits per heavy atom. The van der Waals surface area contributed by atoms with Gasteiger partial charge in [0.15, 0.2) is 5.16 Å². The molecule has 0 atom stereocenters. The van der Waals surface area contributed by atoms with Crippen LogP contribution in [0.25, 0.3) is 5.69 Å². The number of nitrogens with one attached hydrogen (secondary N) is 1. The third-order valence-electron chi connectivity index (χ3n) is 5.09. The number of rotatable bonds is 8. The van der Waals surface area contributed by atoms with Crippen molar-refractivity contribution in [1.29, 1.82) is 0 Å². The number of halogens is 3. The molecule has 2 aromatic heterocycles. The molecule has 0 saturated carbocycles. The van der Waals surface area contributed by atoms with Gasteiger partial charge < -0.3 is 14.6 Å². The first-order valence-corrected chi connectivity index (χ1v) is 11.6. The van der Waals surface area contributed by atoms with Gasteiger partial charge in [-0.15, -0.1) is 23.4 Å². The number of alkyl halides is 3. The highest BCUT2D eigenvalue weighted by Gasteiger charge is 2.31. The SMILES string of the molecule is Cc1ccc(-n2c(Cc3cccn3C)nnc2SCC(=O)Nc2ccc(OC(F)(F)F)cc2)cc1. The van der Waals surface area contributed by atoms with E-state index in [0.717, 1.165) is 34.9 Å². The van der Waals surface area contributed by atoms with Gasteiger partial charge in [0, 0.05) is 36.7 Å². The molecule has 0 saturated heterocycles. The second kappa shape index (κ2) is 10.3. The summed E-state index contributed by atoms with van der Waals surface area (Å²) in [7, 11) is 1.96. The van der Waals surface area contributed by atoms with Crippen LogP contribution in [0.4, 0.5) is 18.9 Å². The smallest absolute Gasteiger partial charge is 0.406 e. The minimum Gasteiger partial charge on any atom is -0.406 e. The number of anilines is 1. The van der Waals surface area contributed by atoms with Crippen LogP contribution in [-0.2, 0) is 18.3 Å². The second-order valence-corrected chi connectivity index (χ2v) is 8.71. The van der Waals surface area contributed by atoms with Crippen LogP contribution in [0.1, 0.15) is 17.1 Å². The van der Waals surface area contributed by atoms with Gasteiger partial charge in [-0.1, -0.05) is 29.5 Å². The normalized spacial score (nSPS) is 11.5. The summed E-state index contributed by atoms with van der Waals surface area (Å²) in [5, 5.41) is 11.9. The zero-order valence-electron chi connectivity index (χ0n) is 18.9. The van der Waals surface area contributed by atoms with E-state index in [-0.39, 0.29) is 17.4 Å². The molecule has 0 spiro atoms. The van der Waals surface area contributed by atoms with E-state index in [4.69, 9.17) is 0 Å². The fourth-order valence-corrected chi connectivity index (χ4v) is 4.14. The van der Waals surface area contributed by atoms with Crippen molar-refractivity contribution in [2.45, 2.75) is 24.9 Å². The molecule has 7 nitrogen and oxygen atoms in total. The van der Waals surface area contributed by atoms with Gasteiger partial charge in [0.2, 0.25) is 5.91 Å². The average Bonchev–Trinajstić information content (AvgIpc) is 3.39. The standard InChI is InChI=1S/C24H22F3N5O2S/c1-16-5-9-18(10-6-16)32-21(14-19-4-3-13-31(19)2)29-30-23(32)35-15-22(33)28-17-7-11-20(12-8-17)34-24(25,26)27/h3-13H,14-15H2,1-2H3,(H,28,33). The van der Waals surface area contributed by atoms with E-state index in [9.17, 15) is 18.0 Å². The van der Waals surface area contributed by atoms with Crippen molar-refractivity contribution in [1.82, 2.24) is 19.3 Å². The van der Waals surface area contributed by atoms with Gasteiger partial charge in [-0.3, -0.25) is 9.36 Å². The third-order valence-corrected chi connectivity index (χ3v) is 6.02. The molecular formula is C24H22F3N5O2S. The highest BCUT2D eigenvalue weighted by Crippen LogP contribution is 2.26. The molecule has 0 aliphatic heterocycles.